The van der Waals surface area contributed by atoms with Gasteiger partial charge in [-0.25, -0.2) is 9.97 Å². The van der Waals surface area contributed by atoms with E-state index in [1.807, 2.05) is 0 Å². The van der Waals surface area contributed by atoms with Crippen LogP contribution < -0.4 is 5.73 Å². The fraction of sp³-hybridized carbons (Fsp3) is 0.714. The molecule has 1 heterocycles. The van der Waals surface area contributed by atoms with Crippen molar-refractivity contribution in [2.45, 2.75) is 46.0 Å². The number of nitrogens with two attached hydrogens (primary N) is 1. The molecule has 0 spiro atoms. The van der Waals surface area contributed by atoms with E-state index in [1.165, 1.54) is 17.0 Å². The molecule has 1 rings (SSSR count). The molecule has 0 amide bonds. The minimum atomic E-state index is 0.659. The summed E-state index contributed by atoms with van der Waals surface area (Å²) in [5, 5.41) is 0. The van der Waals surface area contributed by atoms with E-state index >= 15 is 0 Å². The Bertz CT molecular complexity index is 341. The van der Waals surface area contributed by atoms with E-state index in [9.17, 15) is 0 Å². The largest absolute Gasteiger partial charge is 0.385 e. The molecular weight excluding hydrogens is 226 g/mol. The highest BCUT2D eigenvalue weighted by Crippen LogP contribution is 2.14. The zero-order valence-corrected chi connectivity index (χ0v) is 11.8. The Morgan fingerprint density at radius 3 is 2.11 bits per heavy atom. The van der Waals surface area contributed by atoms with Gasteiger partial charge in [-0.05, 0) is 37.8 Å². The number of hydrogen-bond donors (Lipinski definition) is 1. The minimum Gasteiger partial charge on any atom is -0.385 e. The summed E-state index contributed by atoms with van der Waals surface area (Å²) in [6.07, 6.45) is 4.63. The Hall–Kier alpha value is -1.00. The topological polar surface area (TPSA) is 61.0 Å². The average Bonchev–Trinajstić information content (AvgIpc) is 2.40. The van der Waals surface area contributed by atoms with Gasteiger partial charge in [0.2, 0.25) is 0 Å². The maximum Gasteiger partial charge on any atom is 0.128 e. The van der Waals surface area contributed by atoms with E-state index in [1.54, 1.807) is 7.11 Å². The first-order valence-electron chi connectivity index (χ1n) is 6.83. The third-order valence-corrected chi connectivity index (χ3v) is 3.04. The SMILES string of the molecule is CCc1nc(CCCOC)nc(CC)c1CCN. The third-order valence-electron chi connectivity index (χ3n) is 3.04. The highest BCUT2D eigenvalue weighted by molar-refractivity contribution is 5.27. The first-order valence-corrected chi connectivity index (χ1v) is 6.83. The molecule has 1 aromatic heterocycles. The van der Waals surface area contributed by atoms with Crippen molar-refractivity contribution in [3.8, 4) is 0 Å². The smallest absolute Gasteiger partial charge is 0.128 e. The fourth-order valence-corrected chi connectivity index (χ4v) is 2.14. The summed E-state index contributed by atoms with van der Waals surface area (Å²) in [6, 6.07) is 0. The molecule has 1 aromatic rings. The van der Waals surface area contributed by atoms with Crippen molar-refractivity contribution in [1.29, 1.82) is 0 Å². The molecule has 0 aliphatic heterocycles. The van der Waals surface area contributed by atoms with Crippen LogP contribution in [0.4, 0.5) is 0 Å². The van der Waals surface area contributed by atoms with Gasteiger partial charge in [0.05, 0.1) is 0 Å². The second-order valence-electron chi connectivity index (χ2n) is 4.35. The molecule has 0 aromatic carbocycles. The van der Waals surface area contributed by atoms with Crippen LogP contribution in [0.5, 0.6) is 0 Å². The van der Waals surface area contributed by atoms with Gasteiger partial charge in [0.15, 0.2) is 0 Å². The molecule has 0 aliphatic rings. The number of ether oxygens (including phenoxy) is 1. The second-order valence-corrected chi connectivity index (χ2v) is 4.35. The standard InChI is InChI=1S/C14H25N3O/c1-4-12-11(8-9-15)13(5-2)17-14(16-12)7-6-10-18-3/h4-10,15H2,1-3H3. The van der Waals surface area contributed by atoms with E-state index in [0.717, 1.165) is 44.5 Å². The summed E-state index contributed by atoms with van der Waals surface area (Å²) in [6.45, 7) is 5.70. The lowest BCUT2D eigenvalue weighted by Gasteiger charge is -2.13. The number of methoxy groups -OCH3 is 1. The molecule has 0 aliphatic carbocycles. The second kappa shape index (κ2) is 8.16. The van der Waals surface area contributed by atoms with Crippen molar-refractivity contribution in [3.63, 3.8) is 0 Å². The van der Waals surface area contributed by atoms with Gasteiger partial charge in [0.25, 0.3) is 0 Å². The Balaban J connectivity index is 2.94. The fourth-order valence-electron chi connectivity index (χ4n) is 2.14. The number of aryl methyl sites for hydroxylation is 3. The molecule has 0 saturated carbocycles. The van der Waals surface area contributed by atoms with Gasteiger partial charge >= 0.3 is 0 Å². The Morgan fingerprint density at radius 2 is 1.67 bits per heavy atom. The van der Waals surface area contributed by atoms with Gasteiger partial charge in [-0.3, -0.25) is 0 Å². The molecular formula is C14H25N3O. The van der Waals surface area contributed by atoms with Gasteiger partial charge < -0.3 is 10.5 Å². The van der Waals surface area contributed by atoms with Crippen LogP contribution in [0, 0.1) is 0 Å². The van der Waals surface area contributed by atoms with Gasteiger partial charge in [-0.1, -0.05) is 13.8 Å². The van der Waals surface area contributed by atoms with Crippen LogP contribution in [0.15, 0.2) is 0 Å². The van der Waals surface area contributed by atoms with E-state index in [-0.39, 0.29) is 0 Å². The number of hydrogen-bond acceptors (Lipinski definition) is 4. The molecule has 18 heavy (non-hydrogen) atoms. The first kappa shape index (κ1) is 15.1. The first-order chi connectivity index (χ1) is 8.76. The highest BCUT2D eigenvalue weighted by atomic mass is 16.5. The van der Waals surface area contributed by atoms with Crippen molar-refractivity contribution < 1.29 is 4.74 Å². The summed E-state index contributed by atoms with van der Waals surface area (Å²) < 4.78 is 5.07. The lowest BCUT2D eigenvalue weighted by Crippen LogP contribution is -2.13. The number of nitrogens with zero attached hydrogens (tertiary/aromatic N) is 2. The zero-order chi connectivity index (χ0) is 13.4. The molecule has 4 nitrogen and oxygen atoms in total. The molecule has 0 bridgehead atoms. The van der Waals surface area contributed by atoms with Gasteiger partial charge in [-0.15, -0.1) is 0 Å². The molecule has 0 atom stereocenters. The van der Waals surface area contributed by atoms with Crippen molar-refractivity contribution in [1.82, 2.24) is 9.97 Å². The predicted molar refractivity (Wildman–Crippen MR) is 73.7 cm³/mol. The number of rotatable bonds is 8. The van der Waals surface area contributed by atoms with Gasteiger partial charge in [-0.2, -0.15) is 0 Å². The maximum absolute atomic E-state index is 5.67. The summed E-state index contributed by atoms with van der Waals surface area (Å²) in [4.78, 5) is 9.34. The zero-order valence-electron chi connectivity index (χ0n) is 11.8. The van der Waals surface area contributed by atoms with Crippen LogP contribution in [-0.2, 0) is 30.4 Å². The monoisotopic (exact) mass is 251 g/mol. The predicted octanol–water partition coefficient (Wildman–Crippen LogP) is 1.68. The van der Waals surface area contributed by atoms with Crippen molar-refractivity contribution >= 4 is 0 Å². The lowest BCUT2D eigenvalue weighted by molar-refractivity contribution is 0.194. The van der Waals surface area contributed by atoms with E-state index in [0.29, 0.717) is 6.54 Å². The van der Waals surface area contributed by atoms with E-state index < -0.39 is 0 Å². The van der Waals surface area contributed by atoms with Gasteiger partial charge in [0.1, 0.15) is 5.82 Å². The Labute approximate surface area is 110 Å². The molecule has 4 heteroatoms. The Kier molecular flexibility index (Phi) is 6.83. The molecule has 0 fully saturated rings. The summed E-state index contributed by atoms with van der Waals surface area (Å²) >= 11 is 0. The van der Waals surface area contributed by atoms with Crippen molar-refractivity contribution in [3.05, 3.63) is 22.8 Å². The van der Waals surface area contributed by atoms with Crippen molar-refractivity contribution in [2.75, 3.05) is 20.3 Å². The summed E-state index contributed by atoms with van der Waals surface area (Å²) in [5.41, 5.74) is 9.27. The molecule has 0 unspecified atom stereocenters. The van der Waals surface area contributed by atoms with Gasteiger partial charge in [0, 0.05) is 31.5 Å². The third kappa shape index (κ3) is 4.03. The summed E-state index contributed by atoms with van der Waals surface area (Å²) in [5.74, 6) is 0.946. The minimum absolute atomic E-state index is 0.659. The van der Waals surface area contributed by atoms with Crippen LogP contribution in [0.2, 0.25) is 0 Å². The maximum atomic E-state index is 5.67. The molecule has 102 valence electrons. The van der Waals surface area contributed by atoms with E-state index in [4.69, 9.17) is 10.5 Å². The molecule has 2 N–H and O–H groups in total. The lowest BCUT2D eigenvalue weighted by atomic mass is 10.0. The van der Waals surface area contributed by atoms with Crippen LogP contribution in [-0.4, -0.2) is 30.2 Å². The quantitative estimate of drug-likeness (QED) is 0.714. The Morgan fingerprint density at radius 1 is 1.06 bits per heavy atom. The average molecular weight is 251 g/mol. The molecule has 0 radical (unpaired) electrons. The summed E-state index contributed by atoms with van der Waals surface area (Å²) in [7, 11) is 1.72. The van der Waals surface area contributed by atoms with Crippen LogP contribution in [0.1, 0.15) is 43.0 Å². The van der Waals surface area contributed by atoms with Crippen molar-refractivity contribution in [2.24, 2.45) is 5.73 Å². The highest BCUT2D eigenvalue weighted by Gasteiger charge is 2.11. The number of aromatic nitrogens is 2. The van der Waals surface area contributed by atoms with E-state index in [2.05, 4.69) is 23.8 Å². The van der Waals surface area contributed by atoms with Crippen LogP contribution in [0.25, 0.3) is 0 Å². The van der Waals surface area contributed by atoms with Crippen LogP contribution in [0.3, 0.4) is 0 Å². The molecule has 0 saturated heterocycles. The van der Waals surface area contributed by atoms with Crippen LogP contribution >= 0.6 is 0 Å². The normalized spacial score (nSPS) is 10.9.